The summed E-state index contributed by atoms with van der Waals surface area (Å²) in [4.78, 5) is 5.96. The Morgan fingerprint density at radius 3 is 3.19 bits per heavy atom. The van der Waals surface area contributed by atoms with Gasteiger partial charge < -0.3 is 9.64 Å². The van der Waals surface area contributed by atoms with Gasteiger partial charge in [0, 0.05) is 29.1 Å². The minimum Gasteiger partial charge on any atom is -0.496 e. The molecule has 3 rings (SSSR count). The number of halogens is 3. The molecular weight excluding hydrogens is 390 g/mol. The molecule has 0 unspecified atom stereocenters. The van der Waals surface area contributed by atoms with E-state index in [4.69, 9.17) is 4.74 Å². The zero-order chi connectivity index (χ0) is 11.3. The van der Waals surface area contributed by atoms with Crippen LogP contribution in [-0.4, -0.2) is 21.9 Å². The van der Waals surface area contributed by atoms with E-state index in [0.29, 0.717) is 20.5 Å². The van der Waals surface area contributed by atoms with Crippen LogP contribution >= 0.6 is 38.5 Å². The van der Waals surface area contributed by atoms with Gasteiger partial charge in [0.1, 0.15) is 6.61 Å². The summed E-state index contributed by atoms with van der Waals surface area (Å²) >= 11 is 5.39. The van der Waals surface area contributed by atoms with Crippen LogP contribution < -0.4 is 0 Å². The van der Waals surface area contributed by atoms with Gasteiger partial charge in [-0.1, -0.05) is 0 Å². The van der Waals surface area contributed by atoms with Gasteiger partial charge in [0.2, 0.25) is 5.95 Å². The lowest BCUT2D eigenvalue weighted by atomic mass is 10.1. The zero-order valence-electron chi connectivity index (χ0n) is 8.14. The van der Waals surface area contributed by atoms with E-state index in [2.05, 4.69) is 43.5 Å². The molecule has 0 saturated heterocycles. The Labute approximate surface area is 114 Å². The lowest BCUT2D eigenvalue weighted by molar-refractivity contribution is 0.279. The first-order valence-corrected chi connectivity index (χ1v) is 6.67. The minimum absolute atomic E-state index is 0.441. The maximum atomic E-state index is 13.9. The molecule has 84 valence electrons. The summed E-state index contributed by atoms with van der Waals surface area (Å²) in [6.07, 6.45) is 2.45. The van der Waals surface area contributed by atoms with Crippen molar-refractivity contribution in [1.82, 2.24) is 4.90 Å². The zero-order valence-corrected chi connectivity index (χ0v) is 11.9. The largest absolute Gasteiger partial charge is 0.496 e. The van der Waals surface area contributed by atoms with Crippen LogP contribution in [0.3, 0.4) is 0 Å². The fourth-order valence-electron chi connectivity index (χ4n) is 2.09. The molecule has 0 amide bonds. The molecule has 16 heavy (non-hydrogen) atoms. The second-order valence-corrected chi connectivity index (χ2v) is 5.50. The molecular formula is C10H7BrFIN2O. The van der Waals surface area contributed by atoms with Gasteiger partial charge in [0.05, 0.1) is 22.0 Å². The van der Waals surface area contributed by atoms with E-state index >= 15 is 0 Å². The van der Waals surface area contributed by atoms with Crippen LogP contribution in [0.15, 0.2) is 38.5 Å². The molecule has 0 aromatic heterocycles. The monoisotopic (exact) mass is 396 g/mol. The number of ether oxygens (including phenoxy) is 1. The average Bonchev–Trinajstić information content (AvgIpc) is 2.55. The SMILES string of the molecule is FC1=C2C(Br)=COCC3=C2N(CC3)C(I)=N1. The summed E-state index contributed by atoms with van der Waals surface area (Å²) < 4.78 is 20.5. The quantitative estimate of drug-likeness (QED) is 0.464. The van der Waals surface area contributed by atoms with Gasteiger partial charge in [-0.05, 0) is 27.9 Å². The van der Waals surface area contributed by atoms with E-state index in [-0.39, 0.29) is 0 Å². The average molecular weight is 397 g/mol. The Hall–Kier alpha value is -0.370. The number of amidine groups is 1. The van der Waals surface area contributed by atoms with Crippen molar-refractivity contribution in [2.24, 2.45) is 4.99 Å². The third kappa shape index (κ3) is 1.46. The van der Waals surface area contributed by atoms with Gasteiger partial charge in [-0.2, -0.15) is 9.38 Å². The van der Waals surface area contributed by atoms with Crippen LogP contribution in [0.1, 0.15) is 6.42 Å². The Morgan fingerprint density at radius 2 is 2.38 bits per heavy atom. The van der Waals surface area contributed by atoms with E-state index in [1.165, 1.54) is 0 Å². The first-order chi connectivity index (χ1) is 7.68. The van der Waals surface area contributed by atoms with Crippen molar-refractivity contribution >= 4 is 42.4 Å². The summed E-state index contributed by atoms with van der Waals surface area (Å²) in [6, 6.07) is 0. The van der Waals surface area contributed by atoms with Gasteiger partial charge >= 0.3 is 0 Å². The molecule has 0 atom stereocenters. The van der Waals surface area contributed by atoms with Gasteiger partial charge in [-0.15, -0.1) is 0 Å². The molecule has 0 bridgehead atoms. The molecule has 3 nitrogen and oxygen atoms in total. The molecule has 0 aromatic carbocycles. The van der Waals surface area contributed by atoms with E-state index in [0.717, 1.165) is 24.2 Å². The first-order valence-electron chi connectivity index (χ1n) is 4.80. The standard InChI is InChI=1S/C10H7BrFIN2O/c11-6-4-16-3-5-1-2-15-8(5)7(6)9(12)14-10(15)13/h4H,1-3H2. The van der Waals surface area contributed by atoms with Crippen molar-refractivity contribution < 1.29 is 9.13 Å². The Morgan fingerprint density at radius 1 is 1.56 bits per heavy atom. The maximum Gasteiger partial charge on any atom is 0.225 e. The van der Waals surface area contributed by atoms with E-state index in [9.17, 15) is 4.39 Å². The Balaban J connectivity index is 2.26. The maximum absolute atomic E-state index is 13.9. The molecule has 0 N–H and O–H groups in total. The smallest absolute Gasteiger partial charge is 0.225 e. The second-order valence-electron chi connectivity index (χ2n) is 3.68. The topological polar surface area (TPSA) is 24.8 Å². The molecule has 0 spiro atoms. The van der Waals surface area contributed by atoms with Crippen LogP contribution in [0.2, 0.25) is 0 Å². The molecule has 3 heterocycles. The molecule has 0 aliphatic carbocycles. The van der Waals surface area contributed by atoms with Crippen molar-refractivity contribution in [1.29, 1.82) is 0 Å². The lowest BCUT2D eigenvalue weighted by Gasteiger charge is -2.25. The minimum atomic E-state index is -0.441. The van der Waals surface area contributed by atoms with Crippen LogP contribution in [0.5, 0.6) is 0 Å². The predicted octanol–water partition coefficient (Wildman–Crippen LogP) is 3.20. The van der Waals surface area contributed by atoms with Gasteiger partial charge in [-0.25, -0.2) is 0 Å². The third-order valence-electron chi connectivity index (χ3n) is 2.78. The molecule has 0 radical (unpaired) electrons. The third-order valence-corrected chi connectivity index (χ3v) is 4.19. The van der Waals surface area contributed by atoms with Crippen molar-refractivity contribution in [3.8, 4) is 0 Å². The van der Waals surface area contributed by atoms with Crippen molar-refractivity contribution in [3.05, 3.63) is 33.5 Å². The molecule has 3 aliphatic heterocycles. The molecule has 0 saturated carbocycles. The van der Waals surface area contributed by atoms with Crippen LogP contribution in [0.4, 0.5) is 4.39 Å². The van der Waals surface area contributed by atoms with Crippen LogP contribution in [0.25, 0.3) is 0 Å². The first kappa shape index (κ1) is 10.8. The number of rotatable bonds is 0. The number of hydrogen-bond donors (Lipinski definition) is 0. The van der Waals surface area contributed by atoms with Crippen molar-refractivity contribution in [2.45, 2.75) is 6.42 Å². The number of allylic oxidation sites excluding steroid dienone is 1. The number of hydrogen-bond acceptors (Lipinski definition) is 3. The lowest BCUT2D eigenvalue weighted by Crippen LogP contribution is -2.27. The summed E-state index contributed by atoms with van der Waals surface area (Å²) in [7, 11) is 0. The van der Waals surface area contributed by atoms with E-state index < -0.39 is 5.95 Å². The second kappa shape index (κ2) is 3.83. The van der Waals surface area contributed by atoms with E-state index in [1.807, 2.05) is 4.90 Å². The highest BCUT2D eigenvalue weighted by atomic mass is 127. The molecule has 6 heteroatoms. The highest BCUT2D eigenvalue weighted by Gasteiger charge is 2.35. The Bertz CT molecular complexity index is 495. The normalized spacial score (nSPS) is 23.8. The predicted molar refractivity (Wildman–Crippen MR) is 70.9 cm³/mol. The highest BCUT2D eigenvalue weighted by Crippen LogP contribution is 2.42. The van der Waals surface area contributed by atoms with Crippen molar-refractivity contribution in [3.63, 3.8) is 0 Å². The number of nitrogens with zero attached hydrogens (tertiary/aromatic N) is 2. The summed E-state index contributed by atoms with van der Waals surface area (Å²) in [5, 5.41) is 0. The summed E-state index contributed by atoms with van der Waals surface area (Å²) in [6.45, 7) is 1.38. The fourth-order valence-corrected chi connectivity index (χ4v) is 3.26. The number of aliphatic imine (C=N–C) groups is 1. The molecule has 0 aromatic rings. The summed E-state index contributed by atoms with van der Waals surface area (Å²) in [5.41, 5.74) is 2.59. The van der Waals surface area contributed by atoms with Crippen molar-refractivity contribution in [2.75, 3.05) is 13.2 Å². The Kier molecular flexibility index (Phi) is 2.58. The fraction of sp³-hybridized carbons (Fsp3) is 0.300. The van der Waals surface area contributed by atoms with Gasteiger partial charge in [-0.3, -0.25) is 0 Å². The summed E-state index contributed by atoms with van der Waals surface area (Å²) in [5.74, 6) is -0.441. The highest BCUT2D eigenvalue weighted by molar-refractivity contribution is 14.1. The van der Waals surface area contributed by atoms with Gasteiger partial charge in [0.25, 0.3) is 0 Å². The molecule has 0 fully saturated rings. The van der Waals surface area contributed by atoms with Crippen LogP contribution in [0, 0.1) is 0 Å². The molecule has 3 aliphatic rings. The van der Waals surface area contributed by atoms with Gasteiger partial charge in [0.15, 0.2) is 3.84 Å². The van der Waals surface area contributed by atoms with E-state index in [1.54, 1.807) is 6.26 Å². The van der Waals surface area contributed by atoms with Crippen LogP contribution in [-0.2, 0) is 4.74 Å².